The highest BCUT2D eigenvalue weighted by molar-refractivity contribution is 5.81. The number of nitrogens with zero attached hydrogens (tertiary/aromatic N) is 5. The molecule has 35 heavy (non-hydrogen) atoms. The van der Waals surface area contributed by atoms with Crippen LogP contribution in [0.25, 0.3) is 0 Å². The summed E-state index contributed by atoms with van der Waals surface area (Å²) in [5.41, 5.74) is -0.522. The zero-order valence-electron chi connectivity index (χ0n) is 18.6. The van der Waals surface area contributed by atoms with Gasteiger partial charge in [0.15, 0.2) is 0 Å². The van der Waals surface area contributed by atoms with Gasteiger partial charge in [0.2, 0.25) is 5.95 Å². The predicted octanol–water partition coefficient (Wildman–Crippen LogP) is 3.58. The van der Waals surface area contributed by atoms with E-state index in [1.165, 1.54) is 23.2 Å². The monoisotopic (exact) mass is 498 g/mol. The number of aromatic nitrogens is 3. The first-order valence-electron chi connectivity index (χ1n) is 11.3. The van der Waals surface area contributed by atoms with Crippen LogP contribution in [0.2, 0.25) is 0 Å². The van der Waals surface area contributed by atoms with E-state index < -0.39 is 42.7 Å². The fraction of sp³-hybridized carbons (Fsp3) is 0.545. The number of pyridine rings is 1. The van der Waals surface area contributed by atoms with Crippen molar-refractivity contribution < 1.29 is 31.5 Å². The van der Waals surface area contributed by atoms with Crippen LogP contribution in [-0.2, 0) is 15.7 Å². The van der Waals surface area contributed by atoms with Gasteiger partial charge in [0, 0.05) is 37.9 Å². The molecule has 13 heteroatoms. The molecule has 0 saturated carbocycles. The number of nitrogens with one attached hydrogen (secondary N) is 1. The molecule has 3 fully saturated rings. The number of carbonyl (C=O) groups is 1. The first-order valence-corrected chi connectivity index (χ1v) is 11.3. The van der Waals surface area contributed by atoms with E-state index in [-0.39, 0.29) is 23.6 Å². The van der Waals surface area contributed by atoms with Crippen LogP contribution in [0.15, 0.2) is 24.4 Å². The lowest BCUT2D eigenvalue weighted by atomic mass is 10.0. The lowest BCUT2D eigenvalue weighted by molar-refractivity contribution is -0.140. The summed E-state index contributed by atoms with van der Waals surface area (Å²) in [5, 5.41) is 2.59. The van der Waals surface area contributed by atoms with Gasteiger partial charge in [0.1, 0.15) is 17.7 Å². The molecule has 3 saturated heterocycles. The molecule has 3 aliphatic heterocycles. The Morgan fingerprint density at radius 3 is 2.69 bits per heavy atom. The van der Waals surface area contributed by atoms with Gasteiger partial charge < -0.3 is 19.9 Å². The number of ether oxygens (including phenoxy) is 1. The van der Waals surface area contributed by atoms with Gasteiger partial charge in [-0.25, -0.2) is 18.7 Å². The van der Waals surface area contributed by atoms with Crippen molar-refractivity contribution in [3.63, 3.8) is 0 Å². The summed E-state index contributed by atoms with van der Waals surface area (Å²) >= 11 is 0. The molecule has 5 heterocycles. The van der Waals surface area contributed by atoms with Crippen molar-refractivity contribution in [2.24, 2.45) is 0 Å². The van der Waals surface area contributed by atoms with E-state index in [1.807, 2.05) is 0 Å². The first kappa shape index (κ1) is 23.6. The Labute approximate surface area is 197 Å². The fourth-order valence-electron chi connectivity index (χ4n) is 4.55. The van der Waals surface area contributed by atoms with Crippen LogP contribution in [0.1, 0.15) is 36.4 Å². The predicted molar refractivity (Wildman–Crippen MR) is 115 cm³/mol. The molecule has 2 atom stereocenters. The number of amides is 1. The zero-order valence-corrected chi connectivity index (χ0v) is 18.6. The maximum absolute atomic E-state index is 13.5. The van der Waals surface area contributed by atoms with Crippen LogP contribution in [0.3, 0.4) is 0 Å². The smallest absolute Gasteiger partial charge is 0.368 e. The zero-order chi connectivity index (χ0) is 24.8. The second-order valence-corrected chi connectivity index (χ2v) is 8.98. The minimum absolute atomic E-state index is 0.00770. The second-order valence-electron chi connectivity index (χ2n) is 8.98. The molecular weight excluding hydrogens is 475 g/mol. The van der Waals surface area contributed by atoms with Gasteiger partial charge in [-0.3, -0.25) is 4.79 Å². The molecule has 2 aromatic heterocycles. The van der Waals surface area contributed by atoms with Crippen LogP contribution in [0, 0.1) is 0 Å². The summed E-state index contributed by atoms with van der Waals surface area (Å²) in [7, 11) is 0. The third-order valence-electron chi connectivity index (χ3n) is 6.34. The van der Waals surface area contributed by atoms with Crippen molar-refractivity contribution in [1.82, 2.24) is 19.9 Å². The molecule has 0 aromatic carbocycles. The Balaban J connectivity index is 1.41. The van der Waals surface area contributed by atoms with Crippen LogP contribution in [-0.4, -0.2) is 70.6 Å². The van der Waals surface area contributed by atoms with E-state index in [0.717, 1.165) is 12.5 Å². The van der Waals surface area contributed by atoms with Gasteiger partial charge in [-0.05, 0) is 31.4 Å². The summed E-state index contributed by atoms with van der Waals surface area (Å²) in [5.74, 6) is -3.66. The van der Waals surface area contributed by atoms with Crippen molar-refractivity contribution in [1.29, 1.82) is 0 Å². The number of hydrogen-bond acceptors (Lipinski definition) is 7. The Bertz CT molecular complexity index is 1100. The third-order valence-corrected chi connectivity index (χ3v) is 6.34. The van der Waals surface area contributed by atoms with Crippen LogP contribution in [0.5, 0.6) is 0 Å². The number of rotatable bonds is 5. The molecule has 8 nitrogen and oxygen atoms in total. The first-order chi connectivity index (χ1) is 16.6. The Hall–Kier alpha value is -3.09. The van der Waals surface area contributed by atoms with Crippen LogP contribution >= 0.6 is 0 Å². The van der Waals surface area contributed by atoms with Crippen molar-refractivity contribution >= 4 is 23.5 Å². The molecule has 0 aliphatic carbocycles. The minimum atomic E-state index is -4.65. The molecular formula is C22H23F5N6O2. The third kappa shape index (κ3) is 5.00. The Morgan fingerprint density at radius 2 is 2.00 bits per heavy atom. The van der Waals surface area contributed by atoms with E-state index in [0.29, 0.717) is 38.2 Å². The lowest BCUT2D eigenvalue weighted by Crippen LogP contribution is -2.57. The van der Waals surface area contributed by atoms with Gasteiger partial charge in [-0.2, -0.15) is 18.2 Å². The quantitative estimate of drug-likeness (QED) is 0.631. The lowest BCUT2D eigenvalue weighted by Gasteiger charge is -2.38. The van der Waals surface area contributed by atoms with Crippen molar-refractivity contribution in [3.8, 4) is 0 Å². The highest BCUT2D eigenvalue weighted by atomic mass is 19.4. The molecule has 3 aliphatic rings. The van der Waals surface area contributed by atoms with E-state index in [4.69, 9.17) is 4.74 Å². The van der Waals surface area contributed by atoms with Crippen molar-refractivity contribution in [3.05, 3.63) is 35.7 Å². The maximum Gasteiger partial charge on any atom is 0.419 e. The number of hydrogen-bond donors (Lipinski definition) is 1. The molecule has 1 N–H and O–H groups in total. The molecule has 1 amide bonds. The van der Waals surface area contributed by atoms with E-state index in [2.05, 4.69) is 20.3 Å². The number of likely N-dealkylation sites (tertiary alicyclic amines) is 1. The minimum Gasteiger partial charge on any atom is -0.368 e. The van der Waals surface area contributed by atoms with Gasteiger partial charge in [0.05, 0.1) is 24.3 Å². The molecule has 2 aromatic rings. The van der Waals surface area contributed by atoms with E-state index >= 15 is 0 Å². The average Bonchev–Trinajstić information content (AvgIpc) is 3.49. The largest absolute Gasteiger partial charge is 0.419 e. The summed E-state index contributed by atoms with van der Waals surface area (Å²) < 4.78 is 72.7. The fourth-order valence-corrected chi connectivity index (χ4v) is 4.55. The number of carbonyl (C=O) groups excluding carboxylic acids is 1. The number of alkyl halides is 5. The molecule has 188 valence electrons. The van der Waals surface area contributed by atoms with Gasteiger partial charge in [-0.15, -0.1) is 0 Å². The molecule has 2 unspecified atom stereocenters. The van der Waals surface area contributed by atoms with Crippen LogP contribution < -0.4 is 10.2 Å². The highest BCUT2D eigenvalue weighted by Gasteiger charge is 2.45. The standard InChI is InChI=1S/C22H23F5N6O2/c23-21(24)11-33(12-21)20-29-15(13-5-7-32(10-13)19(34)16-4-2-8-35-16)9-17(31-20)30-18-14(22(25,26)27)3-1-6-28-18/h1,3,6,9,13,16H,2,4-5,7-8,10-12H2,(H,28,29,30,31). The van der Waals surface area contributed by atoms with Gasteiger partial charge in [-0.1, -0.05) is 0 Å². The van der Waals surface area contributed by atoms with E-state index in [9.17, 15) is 26.7 Å². The normalized spacial score (nSPS) is 23.9. The summed E-state index contributed by atoms with van der Waals surface area (Å²) in [6, 6.07) is 3.55. The molecule has 5 rings (SSSR count). The molecule has 0 bridgehead atoms. The summed E-state index contributed by atoms with van der Waals surface area (Å²) in [6.07, 6.45) is -1.83. The molecule has 0 radical (unpaired) electrons. The number of halogens is 5. The maximum atomic E-state index is 13.5. The number of anilines is 3. The topological polar surface area (TPSA) is 83.5 Å². The highest BCUT2D eigenvalue weighted by Crippen LogP contribution is 2.37. The summed E-state index contributed by atoms with van der Waals surface area (Å²) in [4.78, 5) is 28.1. The van der Waals surface area contributed by atoms with Gasteiger partial charge in [0.25, 0.3) is 11.8 Å². The second kappa shape index (κ2) is 8.85. The van der Waals surface area contributed by atoms with Crippen molar-refractivity contribution in [2.75, 3.05) is 43.0 Å². The van der Waals surface area contributed by atoms with Crippen LogP contribution in [0.4, 0.5) is 39.5 Å². The van der Waals surface area contributed by atoms with Gasteiger partial charge >= 0.3 is 6.18 Å². The average molecular weight is 498 g/mol. The van der Waals surface area contributed by atoms with Crippen molar-refractivity contribution in [2.45, 2.75) is 43.4 Å². The SMILES string of the molecule is O=C(C1CCCO1)N1CCC(c2cc(Nc3ncccc3C(F)(F)F)nc(N3CC(F)(F)C3)n2)C1. The Kier molecular flexibility index (Phi) is 5.98. The van der Waals surface area contributed by atoms with E-state index in [1.54, 1.807) is 4.90 Å². The summed E-state index contributed by atoms with van der Waals surface area (Å²) in [6.45, 7) is 0.211. The molecule has 0 spiro atoms. The Morgan fingerprint density at radius 1 is 1.20 bits per heavy atom.